The number of cyclic esters (lactones) is 1. The van der Waals surface area contributed by atoms with Gasteiger partial charge in [-0.2, -0.15) is 0 Å². The molecule has 3 rings (SSSR count). The zero-order valence-electron chi connectivity index (χ0n) is 18.4. The van der Waals surface area contributed by atoms with E-state index in [1.165, 1.54) is 77.3 Å². The van der Waals surface area contributed by atoms with Crippen molar-refractivity contribution >= 4 is 40.7 Å². The fourth-order valence-corrected chi connectivity index (χ4v) is 21.8. The SMILES string of the molecule is CCC[CH2][Sn]([CH2]CCC)([CH2]CCC)[C]1=C(c2ccc3ccccc3c2)COC1=O. The Morgan fingerprint density at radius 2 is 1.41 bits per heavy atom. The molecule has 1 aliphatic rings. The summed E-state index contributed by atoms with van der Waals surface area (Å²) in [6.45, 7) is 7.31. The van der Waals surface area contributed by atoms with E-state index in [1.54, 1.807) is 0 Å². The van der Waals surface area contributed by atoms with E-state index in [1.807, 2.05) is 0 Å². The molecule has 2 aromatic carbocycles. The molecule has 0 spiro atoms. The van der Waals surface area contributed by atoms with E-state index in [-0.39, 0.29) is 5.97 Å². The van der Waals surface area contributed by atoms with Gasteiger partial charge in [-0.1, -0.05) is 0 Å². The number of esters is 1. The molecule has 0 bridgehead atoms. The molecule has 0 aromatic heterocycles. The standard InChI is InChI=1S/C14H9O2.3C4H9.Sn/c15-14-8-13(9-16-14)12-6-5-10-3-1-2-4-11(10)7-12;3*1-3-4-2;/h1-7H,9H2;3*1,3-4H2,2H3;. The molecule has 0 fully saturated rings. The molecule has 0 unspecified atom stereocenters. The fraction of sp³-hybridized carbons (Fsp3) is 0.500. The predicted octanol–water partition coefficient (Wildman–Crippen LogP) is 7.54. The molecule has 1 aliphatic heterocycles. The molecule has 0 saturated carbocycles. The van der Waals surface area contributed by atoms with Gasteiger partial charge in [-0.3, -0.25) is 0 Å². The van der Waals surface area contributed by atoms with Gasteiger partial charge in [-0.25, -0.2) is 0 Å². The van der Waals surface area contributed by atoms with Crippen LogP contribution in [0.4, 0.5) is 0 Å². The third kappa shape index (κ3) is 5.07. The predicted molar refractivity (Wildman–Crippen MR) is 127 cm³/mol. The first kappa shape index (κ1) is 22.4. The third-order valence-electron chi connectivity index (χ3n) is 6.51. The second-order valence-electron chi connectivity index (χ2n) is 8.58. The Balaban J connectivity index is 2.12. The first-order valence-corrected chi connectivity index (χ1v) is 19.0. The Morgan fingerprint density at radius 1 is 0.828 bits per heavy atom. The Morgan fingerprint density at radius 3 is 2.00 bits per heavy atom. The van der Waals surface area contributed by atoms with Crippen LogP contribution in [-0.2, 0) is 9.53 Å². The fourth-order valence-electron chi connectivity index (χ4n) is 4.84. The summed E-state index contributed by atoms with van der Waals surface area (Å²) < 4.78 is 10.8. The van der Waals surface area contributed by atoms with Crippen molar-refractivity contribution in [3.05, 3.63) is 51.6 Å². The van der Waals surface area contributed by atoms with Crippen molar-refractivity contribution in [3.63, 3.8) is 0 Å². The van der Waals surface area contributed by atoms with E-state index in [2.05, 4.69) is 63.2 Å². The maximum atomic E-state index is 13.1. The summed E-state index contributed by atoms with van der Waals surface area (Å²) in [6.07, 6.45) is 7.40. The molecule has 0 N–H and O–H groups in total. The first-order valence-electron chi connectivity index (χ1n) is 11.5. The van der Waals surface area contributed by atoms with Crippen LogP contribution >= 0.6 is 0 Å². The van der Waals surface area contributed by atoms with E-state index in [0.29, 0.717) is 6.61 Å². The minimum absolute atomic E-state index is 0.0206. The number of benzene rings is 2. The van der Waals surface area contributed by atoms with Crippen LogP contribution in [0.1, 0.15) is 64.9 Å². The van der Waals surface area contributed by atoms with Crippen molar-refractivity contribution in [2.24, 2.45) is 0 Å². The molecule has 3 heteroatoms. The summed E-state index contributed by atoms with van der Waals surface area (Å²) in [5.41, 5.74) is 2.43. The molecule has 0 radical (unpaired) electrons. The molecule has 29 heavy (non-hydrogen) atoms. The zero-order chi connectivity index (χ0) is 20.7. The quantitative estimate of drug-likeness (QED) is 0.236. The normalized spacial score (nSPS) is 14.7. The molecule has 156 valence electrons. The average molecular weight is 499 g/mol. The Bertz CT molecular complexity index is 846. The van der Waals surface area contributed by atoms with Gasteiger partial charge < -0.3 is 0 Å². The molecule has 2 nitrogen and oxygen atoms in total. The van der Waals surface area contributed by atoms with E-state index >= 15 is 0 Å². The van der Waals surface area contributed by atoms with Crippen molar-refractivity contribution in [1.82, 2.24) is 0 Å². The molecule has 0 amide bonds. The number of rotatable bonds is 11. The number of ether oxygens (including phenoxy) is 1. The number of unbranched alkanes of at least 4 members (excludes halogenated alkanes) is 3. The summed E-state index contributed by atoms with van der Waals surface area (Å²) in [5, 5.41) is 2.49. The van der Waals surface area contributed by atoms with Gasteiger partial charge in [-0.05, 0) is 0 Å². The van der Waals surface area contributed by atoms with Crippen LogP contribution in [0.2, 0.25) is 13.3 Å². The molecule has 0 aliphatic carbocycles. The van der Waals surface area contributed by atoms with Gasteiger partial charge in [-0.15, -0.1) is 0 Å². The van der Waals surface area contributed by atoms with Crippen LogP contribution in [0.5, 0.6) is 0 Å². The molecular formula is C26H36O2Sn. The number of carbonyl (C=O) groups excluding carboxylic acids is 1. The van der Waals surface area contributed by atoms with Crippen LogP contribution < -0.4 is 0 Å². The van der Waals surface area contributed by atoms with Crippen LogP contribution in [0, 0.1) is 0 Å². The van der Waals surface area contributed by atoms with Crippen molar-refractivity contribution in [3.8, 4) is 0 Å². The van der Waals surface area contributed by atoms with Crippen molar-refractivity contribution < 1.29 is 9.53 Å². The van der Waals surface area contributed by atoms with Crippen LogP contribution in [0.15, 0.2) is 46.1 Å². The zero-order valence-corrected chi connectivity index (χ0v) is 21.3. The van der Waals surface area contributed by atoms with E-state index < -0.39 is 18.4 Å². The summed E-state index contributed by atoms with van der Waals surface area (Å²) in [4.78, 5) is 13.1. The van der Waals surface area contributed by atoms with Gasteiger partial charge in [0.05, 0.1) is 0 Å². The molecule has 0 saturated heterocycles. The van der Waals surface area contributed by atoms with Gasteiger partial charge in [0.25, 0.3) is 0 Å². The van der Waals surface area contributed by atoms with Gasteiger partial charge >= 0.3 is 181 Å². The average Bonchev–Trinajstić information content (AvgIpc) is 3.15. The monoisotopic (exact) mass is 500 g/mol. The summed E-state index contributed by atoms with van der Waals surface area (Å²) in [7, 11) is 0. The Kier molecular flexibility index (Phi) is 8.23. The number of fused-ring (bicyclic) bond motifs is 1. The number of carbonyl (C=O) groups is 1. The Hall–Kier alpha value is -1.29. The topological polar surface area (TPSA) is 26.3 Å². The van der Waals surface area contributed by atoms with Gasteiger partial charge in [0.2, 0.25) is 0 Å². The molecule has 2 aromatic rings. The molecular weight excluding hydrogens is 463 g/mol. The van der Waals surface area contributed by atoms with Gasteiger partial charge in [0, 0.05) is 0 Å². The first-order chi connectivity index (χ1) is 14.1. The van der Waals surface area contributed by atoms with Crippen molar-refractivity contribution in [2.75, 3.05) is 6.61 Å². The number of hydrogen-bond acceptors (Lipinski definition) is 2. The van der Waals surface area contributed by atoms with Crippen LogP contribution in [0.3, 0.4) is 0 Å². The van der Waals surface area contributed by atoms with Gasteiger partial charge in [0.15, 0.2) is 0 Å². The van der Waals surface area contributed by atoms with E-state index in [4.69, 9.17) is 4.74 Å². The van der Waals surface area contributed by atoms with E-state index in [9.17, 15) is 4.79 Å². The van der Waals surface area contributed by atoms with Gasteiger partial charge in [0.1, 0.15) is 0 Å². The summed E-state index contributed by atoms with van der Waals surface area (Å²) in [6, 6.07) is 15.1. The minimum atomic E-state index is -2.84. The van der Waals surface area contributed by atoms with Crippen LogP contribution in [0.25, 0.3) is 16.3 Å². The van der Waals surface area contributed by atoms with E-state index in [0.717, 1.165) is 0 Å². The summed E-state index contributed by atoms with van der Waals surface area (Å²) >= 11 is -2.84. The van der Waals surface area contributed by atoms with Crippen molar-refractivity contribution in [2.45, 2.75) is 72.6 Å². The third-order valence-corrected chi connectivity index (χ3v) is 22.2. The number of hydrogen-bond donors (Lipinski definition) is 0. The van der Waals surface area contributed by atoms with Crippen molar-refractivity contribution in [1.29, 1.82) is 0 Å². The second-order valence-corrected chi connectivity index (χ2v) is 21.6. The van der Waals surface area contributed by atoms with Crippen LogP contribution in [-0.4, -0.2) is 31.0 Å². The summed E-state index contributed by atoms with van der Waals surface area (Å²) in [5.74, 6) is 0.0206. The molecule has 0 atom stereocenters. The maximum absolute atomic E-state index is 13.1. The second kappa shape index (κ2) is 10.7. The Labute approximate surface area is 180 Å². The molecule has 1 heterocycles.